The lowest BCUT2D eigenvalue weighted by molar-refractivity contribution is -0.186. The summed E-state index contributed by atoms with van der Waals surface area (Å²) in [6, 6.07) is 3.66. The summed E-state index contributed by atoms with van der Waals surface area (Å²) in [5.74, 6) is -2.60. The van der Waals surface area contributed by atoms with Gasteiger partial charge in [-0.2, -0.15) is 13.2 Å². The molecule has 1 fully saturated rings. The van der Waals surface area contributed by atoms with Crippen LogP contribution >= 0.6 is 11.6 Å². The Bertz CT molecular complexity index is 604. The number of carbonyl (C=O) groups is 2. The predicted molar refractivity (Wildman–Crippen MR) is 75.6 cm³/mol. The van der Waals surface area contributed by atoms with Crippen LogP contribution in [0.5, 0.6) is 0 Å². The van der Waals surface area contributed by atoms with Gasteiger partial charge in [-0.15, -0.1) is 0 Å². The summed E-state index contributed by atoms with van der Waals surface area (Å²) in [4.78, 5) is 24.1. The third-order valence-corrected chi connectivity index (χ3v) is 3.74. The highest BCUT2D eigenvalue weighted by Crippen LogP contribution is 2.27. The highest BCUT2D eigenvalue weighted by molar-refractivity contribution is 6.30. The summed E-state index contributed by atoms with van der Waals surface area (Å²) in [5, 5.41) is 3.05. The molecule has 8 heteroatoms. The SMILES string of the molecule is Cc1cc(Cl)ccc1NC(=O)C1CCCN1C(=O)C(F)(F)F. The first kappa shape index (κ1) is 16.6. The van der Waals surface area contributed by atoms with E-state index in [1.165, 1.54) is 0 Å². The summed E-state index contributed by atoms with van der Waals surface area (Å²) in [7, 11) is 0. The number of hydrogen-bond donors (Lipinski definition) is 1. The number of alkyl halides is 3. The molecule has 1 heterocycles. The van der Waals surface area contributed by atoms with Gasteiger partial charge in [0.05, 0.1) is 0 Å². The van der Waals surface area contributed by atoms with Gasteiger partial charge in [-0.05, 0) is 43.5 Å². The molecule has 1 atom stereocenters. The van der Waals surface area contributed by atoms with Crippen LogP contribution in [0.2, 0.25) is 5.02 Å². The van der Waals surface area contributed by atoms with Crippen molar-refractivity contribution in [1.82, 2.24) is 4.90 Å². The Hall–Kier alpha value is -1.76. The van der Waals surface area contributed by atoms with E-state index in [0.29, 0.717) is 27.6 Å². The summed E-state index contributed by atoms with van der Waals surface area (Å²) < 4.78 is 37.6. The van der Waals surface area contributed by atoms with Crippen molar-refractivity contribution in [3.8, 4) is 0 Å². The van der Waals surface area contributed by atoms with Gasteiger partial charge in [-0.25, -0.2) is 0 Å². The van der Waals surface area contributed by atoms with Crippen molar-refractivity contribution < 1.29 is 22.8 Å². The second kappa shape index (κ2) is 6.16. The van der Waals surface area contributed by atoms with Crippen LogP contribution in [0.15, 0.2) is 18.2 Å². The quantitative estimate of drug-likeness (QED) is 0.903. The van der Waals surface area contributed by atoms with Gasteiger partial charge in [0.1, 0.15) is 6.04 Å². The van der Waals surface area contributed by atoms with Crippen LogP contribution in [0.1, 0.15) is 18.4 Å². The summed E-state index contributed by atoms with van der Waals surface area (Å²) in [5.41, 5.74) is 1.15. The van der Waals surface area contributed by atoms with E-state index < -0.39 is 24.0 Å². The van der Waals surface area contributed by atoms with Crippen molar-refractivity contribution in [3.63, 3.8) is 0 Å². The lowest BCUT2D eigenvalue weighted by Gasteiger charge is -2.25. The number of amides is 2. The molecule has 0 bridgehead atoms. The maximum Gasteiger partial charge on any atom is 0.471 e. The molecule has 1 N–H and O–H groups in total. The number of hydrogen-bond acceptors (Lipinski definition) is 2. The van der Waals surface area contributed by atoms with E-state index in [4.69, 9.17) is 11.6 Å². The third-order valence-electron chi connectivity index (χ3n) is 3.51. The van der Waals surface area contributed by atoms with Crippen LogP contribution < -0.4 is 5.32 Å². The number of nitrogens with zero attached hydrogens (tertiary/aromatic N) is 1. The second-order valence-corrected chi connectivity index (χ2v) is 5.54. The Morgan fingerprint density at radius 2 is 2.05 bits per heavy atom. The van der Waals surface area contributed by atoms with Crippen molar-refractivity contribution in [3.05, 3.63) is 28.8 Å². The van der Waals surface area contributed by atoms with E-state index in [9.17, 15) is 22.8 Å². The Morgan fingerprint density at radius 3 is 2.64 bits per heavy atom. The minimum atomic E-state index is -4.97. The predicted octanol–water partition coefficient (Wildman–Crippen LogP) is 3.14. The fraction of sp³-hybridized carbons (Fsp3) is 0.429. The van der Waals surface area contributed by atoms with Gasteiger partial charge in [0.2, 0.25) is 5.91 Å². The molecule has 2 amide bonds. The number of anilines is 1. The number of carbonyl (C=O) groups excluding carboxylic acids is 2. The zero-order valence-corrected chi connectivity index (χ0v) is 12.5. The average molecular weight is 335 g/mol. The Kier molecular flexibility index (Phi) is 4.65. The molecule has 1 aliphatic rings. The zero-order valence-electron chi connectivity index (χ0n) is 11.7. The molecule has 1 saturated heterocycles. The molecule has 0 saturated carbocycles. The number of rotatable bonds is 2. The zero-order chi connectivity index (χ0) is 16.5. The smallest absolute Gasteiger partial charge is 0.324 e. The van der Waals surface area contributed by atoms with E-state index >= 15 is 0 Å². The largest absolute Gasteiger partial charge is 0.471 e. The van der Waals surface area contributed by atoms with Gasteiger partial charge >= 0.3 is 12.1 Å². The maximum atomic E-state index is 12.5. The molecule has 2 rings (SSSR count). The molecule has 1 aromatic carbocycles. The van der Waals surface area contributed by atoms with E-state index in [2.05, 4.69) is 5.32 Å². The first-order valence-corrected chi connectivity index (χ1v) is 7.03. The average Bonchev–Trinajstić information content (AvgIpc) is 2.89. The molecule has 4 nitrogen and oxygen atoms in total. The maximum absolute atomic E-state index is 12.5. The number of likely N-dealkylation sites (tertiary alicyclic amines) is 1. The number of benzene rings is 1. The lowest BCUT2D eigenvalue weighted by Crippen LogP contribution is -2.48. The molecule has 0 spiro atoms. The van der Waals surface area contributed by atoms with Gasteiger partial charge in [0.15, 0.2) is 0 Å². The van der Waals surface area contributed by atoms with Gasteiger partial charge in [-0.3, -0.25) is 9.59 Å². The molecule has 0 aromatic heterocycles. The first-order valence-electron chi connectivity index (χ1n) is 6.65. The third kappa shape index (κ3) is 3.52. The van der Waals surface area contributed by atoms with E-state index in [1.54, 1.807) is 25.1 Å². The molecule has 22 heavy (non-hydrogen) atoms. The molecule has 0 radical (unpaired) electrons. The fourth-order valence-electron chi connectivity index (χ4n) is 2.43. The van der Waals surface area contributed by atoms with Gasteiger partial charge in [0.25, 0.3) is 0 Å². The van der Waals surface area contributed by atoms with Crippen molar-refractivity contribution >= 4 is 29.1 Å². The summed E-state index contributed by atoms with van der Waals surface area (Å²) >= 11 is 5.80. The Labute approximate surface area is 130 Å². The van der Waals surface area contributed by atoms with Crippen LogP contribution in [0.3, 0.4) is 0 Å². The molecule has 1 unspecified atom stereocenters. The number of aryl methyl sites for hydroxylation is 1. The number of halogens is 4. The first-order chi connectivity index (χ1) is 10.2. The minimum absolute atomic E-state index is 0.0734. The van der Waals surface area contributed by atoms with Crippen molar-refractivity contribution in [2.45, 2.75) is 32.0 Å². The highest BCUT2D eigenvalue weighted by atomic mass is 35.5. The van der Waals surface area contributed by atoms with Crippen LogP contribution in [-0.2, 0) is 9.59 Å². The topological polar surface area (TPSA) is 49.4 Å². The van der Waals surface area contributed by atoms with Crippen molar-refractivity contribution in [2.75, 3.05) is 11.9 Å². The second-order valence-electron chi connectivity index (χ2n) is 5.10. The van der Waals surface area contributed by atoms with Crippen molar-refractivity contribution in [1.29, 1.82) is 0 Å². The monoisotopic (exact) mass is 334 g/mol. The lowest BCUT2D eigenvalue weighted by atomic mass is 10.1. The Balaban J connectivity index is 2.13. The standard InChI is InChI=1S/C14H14ClF3N2O2/c1-8-7-9(15)4-5-10(8)19-12(21)11-3-2-6-20(11)13(22)14(16,17)18/h4-5,7,11H,2-3,6H2,1H3,(H,19,21). The van der Waals surface area contributed by atoms with E-state index in [-0.39, 0.29) is 13.0 Å². The van der Waals surface area contributed by atoms with Crippen LogP contribution in [0.25, 0.3) is 0 Å². The molecule has 1 aliphatic heterocycles. The van der Waals surface area contributed by atoms with E-state index in [0.717, 1.165) is 0 Å². The summed E-state index contributed by atoms with van der Waals surface area (Å²) in [6.07, 6.45) is -4.40. The van der Waals surface area contributed by atoms with Crippen LogP contribution in [-0.4, -0.2) is 35.5 Å². The van der Waals surface area contributed by atoms with Crippen LogP contribution in [0.4, 0.5) is 18.9 Å². The molecular weight excluding hydrogens is 321 g/mol. The highest BCUT2D eigenvalue weighted by Gasteiger charge is 2.47. The van der Waals surface area contributed by atoms with Gasteiger partial charge < -0.3 is 10.2 Å². The Morgan fingerprint density at radius 1 is 1.36 bits per heavy atom. The normalized spacial score (nSPS) is 18.4. The van der Waals surface area contributed by atoms with Crippen molar-refractivity contribution in [2.24, 2.45) is 0 Å². The van der Waals surface area contributed by atoms with Gasteiger partial charge in [0, 0.05) is 17.3 Å². The summed E-state index contributed by atoms with van der Waals surface area (Å²) in [6.45, 7) is 1.64. The van der Waals surface area contributed by atoms with Gasteiger partial charge in [-0.1, -0.05) is 11.6 Å². The minimum Gasteiger partial charge on any atom is -0.324 e. The number of nitrogens with one attached hydrogen (secondary N) is 1. The molecule has 1 aromatic rings. The van der Waals surface area contributed by atoms with E-state index in [1.807, 2.05) is 0 Å². The molecule has 120 valence electrons. The van der Waals surface area contributed by atoms with Crippen LogP contribution in [0, 0.1) is 6.92 Å². The molecule has 0 aliphatic carbocycles. The fourth-order valence-corrected chi connectivity index (χ4v) is 2.66. The molecular formula is C14H14ClF3N2O2.